The van der Waals surface area contributed by atoms with E-state index in [4.69, 9.17) is 5.84 Å². The predicted molar refractivity (Wildman–Crippen MR) is 51.0 cm³/mol. The lowest BCUT2D eigenvalue weighted by Crippen LogP contribution is -2.45. The van der Waals surface area contributed by atoms with Crippen LogP contribution in [0, 0.1) is 5.92 Å². The van der Waals surface area contributed by atoms with Crippen molar-refractivity contribution in [1.29, 1.82) is 0 Å². The molecule has 78 valence electrons. The molecule has 2 rings (SSSR count). The number of nitrogens with zero attached hydrogens (tertiary/aromatic N) is 4. The molecule has 0 aromatic carbocycles. The van der Waals surface area contributed by atoms with Crippen molar-refractivity contribution in [2.75, 3.05) is 0 Å². The average molecular weight is 196 g/mol. The number of hydrazine groups is 1. The Morgan fingerprint density at radius 2 is 2.43 bits per heavy atom. The minimum atomic E-state index is 0.299. The highest BCUT2D eigenvalue weighted by Gasteiger charge is 2.27. The first-order valence-electron chi connectivity index (χ1n) is 4.98. The first kappa shape index (κ1) is 9.54. The fourth-order valence-electron chi connectivity index (χ4n) is 1.81. The predicted octanol–water partition coefficient (Wildman–Crippen LogP) is -0.615. The summed E-state index contributed by atoms with van der Waals surface area (Å²) < 4.78 is 0. The number of nitrogens with two attached hydrogens (primary N) is 1. The van der Waals surface area contributed by atoms with Gasteiger partial charge in [0.1, 0.15) is 0 Å². The Morgan fingerprint density at radius 1 is 1.64 bits per heavy atom. The van der Waals surface area contributed by atoms with Gasteiger partial charge < -0.3 is 0 Å². The zero-order chi connectivity index (χ0) is 9.97. The molecule has 1 unspecified atom stereocenters. The molecule has 0 bridgehead atoms. The first-order chi connectivity index (χ1) is 6.79. The molecular formula is C8H16N6. The minimum Gasteiger partial charge on any atom is -0.271 e. The highest BCUT2D eigenvalue weighted by molar-refractivity contribution is 4.90. The van der Waals surface area contributed by atoms with Crippen LogP contribution in [0.1, 0.15) is 25.1 Å². The van der Waals surface area contributed by atoms with Crippen molar-refractivity contribution in [2.24, 2.45) is 18.8 Å². The third-order valence-electron chi connectivity index (χ3n) is 2.89. The number of aromatic nitrogens is 4. The Labute approximate surface area is 82.8 Å². The minimum absolute atomic E-state index is 0.299. The number of rotatable bonds is 4. The van der Waals surface area contributed by atoms with Gasteiger partial charge in [-0.25, -0.2) is 0 Å². The number of tetrazole rings is 1. The summed E-state index contributed by atoms with van der Waals surface area (Å²) in [6.07, 6.45) is 4.61. The van der Waals surface area contributed by atoms with Crippen LogP contribution in [-0.2, 0) is 13.5 Å². The molecule has 1 atom stereocenters. The lowest BCUT2D eigenvalue weighted by Gasteiger charge is -2.32. The quantitative estimate of drug-likeness (QED) is 0.495. The Kier molecular flexibility index (Phi) is 2.74. The molecule has 0 amide bonds. The third-order valence-corrected chi connectivity index (χ3v) is 2.89. The van der Waals surface area contributed by atoms with E-state index in [9.17, 15) is 0 Å². The lowest BCUT2D eigenvalue weighted by atomic mass is 9.79. The fraction of sp³-hybridized carbons (Fsp3) is 0.875. The van der Waals surface area contributed by atoms with Gasteiger partial charge in [-0.05, 0) is 24.0 Å². The van der Waals surface area contributed by atoms with Crippen LogP contribution in [-0.4, -0.2) is 26.2 Å². The van der Waals surface area contributed by atoms with Gasteiger partial charge in [-0.1, -0.05) is 6.42 Å². The maximum Gasteiger partial charge on any atom is 0.176 e. The highest BCUT2D eigenvalue weighted by atomic mass is 15.6. The number of nitrogens with one attached hydrogen (secondary N) is 1. The lowest BCUT2D eigenvalue weighted by molar-refractivity contribution is 0.226. The molecule has 1 aromatic rings. The molecule has 1 aliphatic rings. The van der Waals surface area contributed by atoms with Gasteiger partial charge in [0.2, 0.25) is 0 Å². The number of hydrogen-bond donors (Lipinski definition) is 2. The molecule has 0 radical (unpaired) electrons. The topological polar surface area (TPSA) is 81.7 Å². The van der Waals surface area contributed by atoms with E-state index in [2.05, 4.69) is 20.8 Å². The van der Waals surface area contributed by atoms with Gasteiger partial charge in [-0.2, -0.15) is 4.80 Å². The van der Waals surface area contributed by atoms with Crippen molar-refractivity contribution in [3.63, 3.8) is 0 Å². The molecule has 1 fully saturated rings. The summed E-state index contributed by atoms with van der Waals surface area (Å²) in [6, 6.07) is 0.299. The largest absolute Gasteiger partial charge is 0.271 e. The summed E-state index contributed by atoms with van der Waals surface area (Å²) in [5.74, 6) is 6.96. The highest BCUT2D eigenvalue weighted by Crippen LogP contribution is 2.30. The van der Waals surface area contributed by atoms with Crippen LogP contribution >= 0.6 is 0 Å². The van der Waals surface area contributed by atoms with Gasteiger partial charge in [0.25, 0.3) is 0 Å². The van der Waals surface area contributed by atoms with Gasteiger partial charge >= 0.3 is 0 Å². The Hall–Kier alpha value is -1.01. The Morgan fingerprint density at radius 3 is 2.86 bits per heavy atom. The normalized spacial score (nSPS) is 19.3. The summed E-state index contributed by atoms with van der Waals surface area (Å²) >= 11 is 0. The van der Waals surface area contributed by atoms with E-state index >= 15 is 0 Å². The summed E-state index contributed by atoms with van der Waals surface area (Å²) in [5, 5.41) is 11.9. The fourth-order valence-corrected chi connectivity index (χ4v) is 1.81. The Balaban J connectivity index is 1.93. The van der Waals surface area contributed by atoms with Crippen molar-refractivity contribution in [2.45, 2.75) is 31.7 Å². The van der Waals surface area contributed by atoms with Gasteiger partial charge in [0.15, 0.2) is 5.82 Å². The van der Waals surface area contributed by atoms with Crippen LogP contribution < -0.4 is 11.3 Å². The Bertz CT molecular complexity index is 292. The van der Waals surface area contributed by atoms with Gasteiger partial charge in [-0.15, -0.1) is 10.2 Å². The molecule has 0 saturated heterocycles. The van der Waals surface area contributed by atoms with Crippen LogP contribution in [0.15, 0.2) is 0 Å². The molecule has 6 heteroatoms. The van der Waals surface area contributed by atoms with Crippen molar-refractivity contribution in [1.82, 2.24) is 25.6 Å². The van der Waals surface area contributed by atoms with Gasteiger partial charge in [0, 0.05) is 12.5 Å². The molecule has 1 aromatic heterocycles. The van der Waals surface area contributed by atoms with Crippen molar-refractivity contribution in [3.8, 4) is 0 Å². The molecule has 6 nitrogen and oxygen atoms in total. The smallest absolute Gasteiger partial charge is 0.176 e. The molecule has 0 aliphatic heterocycles. The maximum atomic E-state index is 5.51. The zero-order valence-electron chi connectivity index (χ0n) is 8.35. The maximum absolute atomic E-state index is 5.51. The van der Waals surface area contributed by atoms with Crippen molar-refractivity contribution < 1.29 is 0 Å². The molecule has 1 aliphatic carbocycles. The van der Waals surface area contributed by atoms with Crippen molar-refractivity contribution >= 4 is 0 Å². The van der Waals surface area contributed by atoms with Crippen molar-refractivity contribution in [3.05, 3.63) is 5.82 Å². The third kappa shape index (κ3) is 1.91. The number of aryl methyl sites for hydroxylation is 1. The summed E-state index contributed by atoms with van der Waals surface area (Å²) in [7, 11) is 1.77. The molecule has 1 heterocycles. The second-order valence-electron chi connectivity index (χ2n) is 3.86. The SMILES string of the molecule is Cn1nnc(CC(NN)C2CCC2)n1. The monoisotopic (exact) mass is 196 g/mol. The molecule has 1 saturated carbocycles. The van der Waals surface area contributed by atoms with E-state index in [1.165, 1.54) is 24.1 Å². The van der Waals surface area contributed by atoms with E-state index < -0.39 is 0 Å². The molecule has 14 heavy (non-hydrogen) atoms. The van der Waals surface area contributed by atoms with E-state index in [0.717, 1.165) is 12.2 Å². The molecule has 3 N–H and O–H groups in total. The first-order valence-corrected chi connectivity index (χ1v) is 4.98. The second kappa shape index (κ2) is 4.02. The standard InChI is InChI=1S/C8H16N6/c1-14-12-8(11-13-14)5-7(10-9)6-3-2-4-6/h6-7,10H,2-5,9H2,1H3. The van der Waals surface area contributed by atoms with E-state index in [0.29, 0.717) is 12.0 Å². The van der Waals surface area contributed by atoms with Crippen LogP contribution in [0.4, 0.5) is 0 Å². The summed E-state index contributed by atoms with van der Waals surface area (Å²) in [5.41, 5.74) is 2.84. The van der Waals surface area contributed by atoms with Gasteiger partial charge in [-0.3, -0.25) is 11.3 Å². The van der Waals surface area contributed by atoms with Crippen LogP contribution in [0.5, 0.6) is 0 Å². The zero-order valence-corrected chi connectivity index (χ0v) is 8.35. The summed E-state index contributed by atoms with van der Waals surface area (Å²) in [6.45, 7) is 0. The average Bonchev–Trinajstić information content (AvgIpc) is 2.47. The second-order valence-corrected chi connectivity index (χ2v) is 3.86. The van der Waals surface area contributed by atoms with E-state index in [1.54, 1.807) is 7.05 Å². The summed E-state index contributed by atoms with van der Waals surface area (Å²) in [4.78, 5) is 1.48. The van der Waals surface area contributed by atoms with Crippen LogP contribution in [0.3, 0.4) is 0 Å². The van der Waals surface area contributed by atoms with Crippen LogP contribution in [0.2, 0.25) is 0 Å². The number of hydrogen-bond acceptors (Lipinski definition) is 5. The van der Waals surface area contributed by atoms with Crippen LogP contribution in [0.25, 0.3) is 0 Å². The van der Waals surface area contributed by atoms with Gasteiger partial charge in [0.05, 0.1) is 7.05 Å². The van der Waals surface area contributed by atoms with E-state index in [1.807, 2.05) is 0 Å². The van der Waals surface area contributed by atoms with E-state index in [-0.39, 0.29) is 0 Å². The molecular weight excluding hydrogens is 180 g/mol. The molecule has 0 spiro atoms.